The molecule has 0 aliphatic heterocycles. The minimum absolute atomic E-state index is 0.321. The van der Waals surface area contributed by atoms with Crippen LogP contribution in [0.3, 0.4) is 0 Å². The fourth-order valence-electron chi connectivity index (χ4n) is 2.56. The highest BCUT2D eigenvalue weighted by atomic mass is 16.5. The lowest BCUT2D eigenvalue weighted by atomic mass is 10.2. The van der Waals surface area contributed by atoms with Crippen molar-refractivity contribution >= 4 is 27.9 Å². The van der Waals surface area contributed by atoms with Crippen molar-refractivity contribution < 1.29 is 9.53 Å². The Bertz CT molecular complexity index is 795. The van der Waals surface area contributed by atoms with Crippen molar-refractivity contribution in [2.75, 3.05) is 6.61 Å². The normalized spacial score (nSPS) is 11.1. The van der Waals surface area contributed by atoms with Gasteiger partial charge in [-0.2, -0.15) is 0 Å². The van der Waals surface area contributed by atoms with Crippen molar-refractivity contribution in [3.63, 3.8) is 0 Å². The molecular formula is C16H16N2O2. The van der Waals surface area contributed by atoms with Crippen LogP contribution in [0.4, 0.5) is 0 Å². The molecule has 4 nitrogen and oxygen atoms in total. The number of hydrogen-bond donors (Lipinski definition) is 1. The molecular weight excluding hydrogens is 252 g/mol. The second kappa shape index (κ2) is 4.89. The summed E-state index contributed by atoms with van der Waals surface area (Å²) in [4.78, 5) is 15.0. The number of para-hydroxylation sites is 1. The van der Waals surface area contributed by atoms with Gasteiger partial charge in [0.2, 0.25) is 0 Å². The van der Waals surface area contributed by atoms with Gasteiger partial charge in [0.25, 0.3) is 0 Å². The van der Waals surface area contributed by atoms with Crippen LogP contribution in [-0.4, -0.2) is 22.1 Å². The summed E-state index contributed by atoms with van der Waals surface area (Å²) in [5.74, 6) is -0.321. The Kier molecular flexibility index (Phi) is 3.06. The zero-order valence-electron chi connectivity index (χ0n) is 11.3. The summed E-state index contributed by atoms with van der Waals surface area (Å²) in [6.45, 7) is 6.65. The summed E-state index contributed by atoms with van der Waals surface area (Å²) in [5, 5.41) is 2.15. The molecule has 0 fully saturated rings. The molecule has 3 rings (SSSR count). The molecule has 1 aromatic carbocycles. The molecule has 0 radical (unpaired) electrons. The SMILES string of the molecule is C=CCn1c2ccccc2c2cc(C(=O)OCC)[nH]c21. The van der Waals surface area contributed by atoms with Gasteiger partial charge in [-0.25, -0.2) is 4.79 Å². The molecule has 0 saturated heterocycles. The average molecular weight is 268 g/mol. The van der Waals surface area contributed by atoms with Crippen molar-refractivity contribution in [1.82, 2.24) is 9.55 Å². The second-order valence-electron chi connectivity index (χ2n) is 4.58. The first-order valence-corrected chi connectivity index (χ1v) is 6.64. The van der Waals surface area contributed by atoms with E-state index in [-0.39, 0.29) is 5.97 Å². The molecule has 0 atom stereocenters. The molecule has 2 aromatic heterocycles. The number of allylic oxidation sites excluding steroid dienone is 1. The molecule has 0 aliphatic carbocycles. The maximum absolute atomic E-state index is 11.8. The van der Waals surface area contributed by atoms with Gasteiger partial charge in [-0.05, 0) is 19.1 Å². The quantitative estimate of drug-likeness (QED) is 0.581. The number of aromatic nitrogens is 2. The standard InChI is InChI=1S/C16H16N2O2/c1-3-9-18-14-8-6-5-7-11(14)12-10-13(17-15(12)18)16(19)20-4-2/h3,5-8,10,17H,1,4,9H2,2H3. The Morgan fingerprint density at radius 2 is 2.20 bits per heavy atom. The van der Waals surface area contributed by atoms with Crippen molar-refractivity contribution in [3.05, 3.63) is 48.7 Å². The summed E-state index contributed by atoms with van der Waals surface area (Å²) < 4.78 is 7.15. The number of hydrogen-bond acceptors (Lipinski definition) is 2. The van der Waals surface area contributed by atoms with Crippen LogP contribution in [0.2, 0.25) is 0 Å². The van der Waals surface area contributed by atoms with E-state index in [1.807, 2.05) is 24.3 Å². The van der Waals surface area contributed by atoms with Gasteiger partial charge in [0, 0.05) is 17.3 Å². The average Bonchev–Trinajstić information content (AvgIpc) is 2.99. The van der Waals surface area contributed by atoms with Crippen LogP contribution in [0, 0.1) is 0 Å². The summed E-state index contributed by atoms with van der Waals surface area (Å²) >= 11 is 0. The summed E-state index contributed by atoms with van der Waals surface area (Å²) in [7, 11) is 0. The Balaban J connectivity index is 2.25. The molecule has 0 unspecified atom stereocenters. The van der Waals surface area contributed by atoms with Gasteiger partial charge in [0.15, 0.2) is 0 Å². The molecule has 0 saturated carbocycles. The number of nitrogens with zero attached hydrogens (tertiary/aromatic N) is 1. The molecule has 0 amide bonds. The topological polar surface area (TPSA) is 47.0 Å². The van der Waals surface area contributed by atoms with Crippen LogP contribution in [0.25, 0.3) is 21.9 Å². The van der Waals surface area contributed by atoms with E-state index in [0.717, 1.165) is 21.9 Å². The smallest absolute Gasteiger partial charge is 0.354 e. The number of nitrogens with one attached hydrogen (secondary N) is 1. The third kappa shape index (κ3) is 1.81. The van der Waals surface area contributed by atoms with Gasteiger partial charge in [-0.15, -0.1) is 6.58 Å². The maximum atomic E-state index is 11.8. The monoisotopic (exact) mass is 268 g/mol. The van der Waals surface area contributed by atoms with Crippen LogP contribution in [0.5, 0.6) is 0 Å². The minimum atomic E-state index is -0.321. The Hall–Kier alpha value is -2.49. The summed E-state index contributed by atoms with van der Waals surface area (Å²) in [6, 6.07) is 9.98. The lowest BCUT2D eigenvalue weighted by molar-refractivity contribution is 0.0520. The van der Waals surface area contributed by atoms with Gasteiger partial charge < -0.3 is 14.3 Å². The molecule has 0 aliphatic rings. The fourth-order valence-corrected chi connectivity index (χ4v) is 2.56. The van der Waals surface area contributed by atoms with E-state index in [2.05, 4.69) is 28.3 Å². The first-order chi connectivity index (χ1) is 9.76. The van der Waals surface area contributed by atoms with E-state index in [1.54, 1.807) is 6.92 Å². The van der Waals surface area contributed by atoms with Crippen LogP contribution in [0.1, 0.15) is 17.4 Å². The highest BCUT2D eigenvalue weighted by Crippen LogP contribution is 2.29. The predicted molar refractivity (Wildman–Crippen MR) is 79.9 cm³/mol. The number of carbonyl (C=O) groups excluding carboxylic acids is 1. The number of rotatable bonds is 4. The number of aromatic amines is 1. The van der Waals surface area contributed by atoms with Crippen molar-refractivity contribution in [2.24, 2.45) is 0 Å². The largest absolute Gasteiger partial charge is 0.461 e. The summed E-state index contributed by atoms with van der Waals surface area (Å²) in [6.07, 6.45) is 1.84. The maximum Gasteiger partial charge on any atom is 0.354 e. The minimum Gasteiger partial charge on any atom is -0.461 e. The van der Waals surface area contributed by atoms with Crippen LogP contribution < -0.4 is 0 Å². The Labute approximate surface area is 116 Å². The third-order valence-electron chi connectivity index (χ3n) is 3.36. The first-order valence-electron chi connectivity index (χ1n) is 6.64. The van der Waals surface area contributed by atoms with E-state index in [9.17, 15) is 4.79 Å². The zero-order chi connectivity index (χ0) is 14.1. The second-order valence-corrected chi connectivity index (χ2v) is 4.58. The number of ether oxygens (including phenoxy) is 1. The Morgan fingerprint density at radius 3 is 2.95 bits per heavy atom. The van der Waals surface area contributed by atoms with E-state index in [1.165, 1.54) is 0 Å². The number of H-pyrrole nitrogens is 1. The molecule has 0 spiro atoms. The third-order valence-corrected chi connectivity index (χ3v) is 3.36. The predicted octanol–water partition coefficient (Wildman–Crippen LogP) is 3.49. The zero-order valence-corrected chi connectivity index (χ0v) is 11.3. The van der Waals surface area contributed by atoms with E-state index >= 15 is 0 Å². The molecule has 1 N–H and O–H groups in total. The Morgan fingerprint density at radius 1 is 1.40 bits per heavy atom. The molecule has 0 bridgehead atoms. The number of esters is 1. The van der Waals surface area contributed by atoms with Crippen molar-refractivity contribution in [1.29, 1.82) is 0 Å². The molecule has 3 aromatic rings. The van der Waals surface area contributed by atoms with E-state index in [4.69, 9.17) is 4.74 Å². The highest BCUT2D eigenvalue weighted by molar-refractivity contribution is 6.09. The number of fused-ring (bicyclic) bond motifs is 3. The summed E-state index contributed by atoms with van der Waals surface area (Å²) in [5.41, 5.74) is 2.54. The fraction of sp³-hybridized carbons (Fsp3) is 0.188. The van der Waals surface area contributed by atoms with Crippen LogP contribution in [-0.2, 0) is 11.3 Å². The van der Waals surface area contributed by atoms with Crippen LogP contribution >= 0.6 is 0 Å². The van der Waals surface area contributed by atoms with Gasteiger partial charge in [-0.3, -0.25) is 0 Å². The van der Waals surface area contributed by atoms with Gasteiger partial charge >= 0.3 is 5.97 Å². The molecule has 4 heteroatoms. The first kappa shape index (κ1) is 12.5. The molecule has 20 heavy (non-hydrogen) atoms. The van der Waals surface area contributed by atoms with Gasteiger partial charge in [-0.1, -0.05) is 24.3 Å². The van der Waals surface area contributed by atoms with E-state index < -0.39 is 0 Å². The van der Waals surface area contributed by atoms with Crippen molar-refractivity contribution in [2.45, 2.75) is 13.5 Å². The van der Waals surface area contributed by atoms with Gasteiger partial charge in [0.05, 0.1) is 12.1 Å². The number of carbonyl (C=O) groups is 1. The van der Waals surface area contributed by atoms with Gasteiger partial charge in [0.1, 0.15) is 11.3 Å². The lowest BCUT2D eigenvalue weighted by Crippen LogP contribution is -2.05. The molecule has 102 valence electrons. The molecule has 2 heterocycles. The lowest BCUT2D eigenvalue weighted by Gasteiger charge is -2.03. The van der Waals surface area contributed by atoms with Crippen molar-refractivity contribution in [3.8, 4) is 0 Å². The van der Waals surface area contributed by atoms with Crippen LogP contribution in [0.15, 0.2) is 43.0 Å². The number of benzene rings is 1. The van der Waals surface area contributed by atoms with E-state index in [0.29, 0.717) is 18.8 Å². The highest BCUT2D eigenvalue weighted by Gasteiger charge is 2.16.